The Balaban J connectivity index is 2.40. The topological polar surface area (TPSA) is 92.4 Å². The lowest BCUT2D eigenvalue weighted by molar-refractivity contribution is -0.142. The van der Waals surface area contributed by atoms with E-state index in [-0.39, 0.29) is 5.91 Å². The predicted molar refractivity (Wildman–Crippen MR) is 77.2 cm³/mol. The normalized spacial score (nSPS) is 11.8. The van der Waals surface area contributed by atoms with Crippen molar-refractivity contribution in [3.05, 3.63) is 35.9 Å². The Morgan fingerprint density at radius 2 is 1.90 bits per heavy atom. The molecule has 1 aromatic carbocycles. The van der Waals surface area contributed by atoms with Crippen molar-refractivity contribution in [1.29, 1.82) is 0 Å². The van der Waals surface area contributed by atoms with E-state index in [9.17, 15) is 9.59 Å². The fraction of sp³-hybridized carbons (Fsp3) is 0.467. The van der Waals surface area contributed by atoms with Crippen LogP contribution < -0.4 is 11.1 Å². The first-order chi connectivity index (χ1) is 9.63. The van der Waals surface area contributed by atoms with E-state index in [2.05, 4.69) is 5.32 Å². The van der Waals surface area contributed by atoms with E-state index in [4.69, 9.17) is 10.8 Å². The Morgan fingerprint density at radius 1 is 1.20 bits per heavy atom. The molecule has 1 rings (SSSR count). The average Bonchev–Trinajstić information content (AvgIpc) is 2.44. The van der Waals surface area contributed by atoms with Crippen molar-refractivity contribution in [3.63, 3.8) is 0 Å². The molecule has 1 aromatic rings. The van der Waals surface area contributed by atoms with Crippen molar-refractivity contribution in [3.8, 4) is 0 Å². The van der Waals surface area contributed by atoms with Crippen LogP contribution in [0.1, 0.15) is 31.2 Å². The minimum atomic E-state index is -0.992. The van der Waals surface area contributed by atoms with Crippen molar-refractivity contribution >= 4 is 11.9 Å². The van der Waals surface area contributed by atoms with Gasteiger partial charge < -0.3 is 16.2 Å². The number of rotatable bonds is 9. The van der Waals surface area contributed by atoms with Gasteiger partial charge in [0.25, 0.3) is 0 Å². The number of aliphatic carboxylic acids is 1. The highest BCUT2D eigenvalue weighted by molar-refractivity contribution is 5.83. The minimum Gasteiger partial charge on any atom is -0.480 e. The van der Waals surface area contributed by atoms with Crippen LogP contribution in [0.2, 0.25) is 0 Å². The number of aryl methyl sites for hydroxylation is 1. The molecule has 4 N–H and O–H groups in total. The number of benzene rings is 1. The van der Waals surface area contributed by atoms with Gasteiger partial charge in [-0.15, -0.1) is 0 Å². The molecular weight excluding hydrogens is 256 g/mol. The maximum absolute atomic E-state index is 11.6. The second-order valence-corrected chi connectivity index (χ2v) is 4.73. The third-order valence-corrected chi connectivity index (χ3v) is 3.06. The van der Waals surface area contributed by atoms with Gasteiger partial charge in [-0.05, 0) is 37.8 Å². The maximum atomic E-state index is 11.6. The molecular formula is C15H22N2O3. The second kappa shape index (κ2) is 9.09. The smallest absolute Gasteiger partial charge is 0.326 e. The maximum Gasteiger partial charge on any atom is 0.326 e. The molecule has 5 heteroatoms. The summed E-state index contributed by atoms with van der Waals surface area (Å²) < 4.78 is 0. The van der Waals surface area contributed by atoms with E-state index >= 15 is 0 Å². The van der Waals surface area contributed by atoms with Crippen LogP contribution in [0.5, 0.6) is 0 Å². The Morgan fingerprint density at radius 3 is 2.50 bits per heavy atom. The van der Waals surface area contributed by atoms with E-state index in [1.54, 1.807) is 0 Å². The molecule has 0 heterocycles. The van der Waals surface area contributed by atoms with Crippen LogP contribution >= 0.6 is 0 Å². The van der Waals surface area contributed by atoms with E-state index in [0.29, 0.717) is 32.2 Å². The summed E-state index contributed by atoms with van der Waals surface area (Å²) in [5.41, 5.74) is 6.42. The summed E-state index contributed by atoms with van der Waals surface area (Å²) in [6.07, 6.45) is 2.80. The van der Waals surface area contributed by atoms with Gasteiger partial charge in [0.1, 0.15) is 6.04 Å². The fourth-order valence-corrected chi connectivity index (χ4v) is 1.91. The highest BCUT2D eigenvalue weighted by atomic mass is 16.4. The summed E-state index contributed by atoms with van der Waals surface area (Å²) in [6, 6.07) is 8.80. The zero-order valence-electron chi connectivity index (χ0n) is 11.5. The third-order valence-electron chi connectivity index (χ3n) is 3.06. The number of carbonyl (C=O) groups is 2. The number of nitrogens with two attached hydrogens (primary N) is 1. The summed E-state index contributed by atoms with van der Waals surface area (Å²) in [5.74, 6) is -1.22. The van der Waals surface area contributed by atoms with Gasteiger partial charge >= 0.3 is 5.97 Å². The number of carboxylic acid groups (broad SMARTS) is 1. The van der Waals surface area contributed by atoms with Gasteiger partial charge in [-0.2, -0.15) is 0 Å². The Bertz CT molecular complexity index is 420. The SMILES string of the molecule is NCCCCC(=O)N[C@@H](CCc1ccccc1)C(=O)O. The van der Waals surface area contributed by atoms with E-state index in [0.717, 1.165) is 12.0 Å². The second-order valence-electron chi connectivity index (χ2n) is 4.73. The van der Waals surface area contributed by atoms with Gasteiger partial charge in [0.05, 0.1) is 0 Å². The summed E-state index contributed by atoms with van der Waals surface area (Å²) >= 11 is 0. The highest BCUT2D eigenvalue weighted by Gasteiger charge is 2.19. The van der Waals surface area contributed by atoms with Crippen LogP contribution in [0.3, 0.4) is 0 Å². The first kappa shape index (κ1) is 16.2. The van der Waals surface area contributed by atoms with Gasteiger partial charge in [0, 0.05) is 6.42 Å². The molecule has 0 bridgehead atoms. The molecule has 0 aromatic heterocycles. The molecule has 0 aliphatic heterocycles. The van der Waals surface area contributed by atoms with Crippen molar-refractivity contribution in [2.24, 2.45) is 5.73 Å². The van der Waals surface area contributed by atoms with Crippen molar-refractivity contribution in [2.75, 3.05) is 6.54 Å². The van der Waals surface area contributed by atoms with Gasteiger partial charge in [0.2, 0.25) is 5.91 Å². The number of nitrogens with one attached hydrogen (secondary N) is 1. The van der Waals surface area contributed by atoms with Crippen LogP contribution in [0.25, 0.3) is 0 Å². The molecule has 0 spiro atoms. The Kier molecular flexibility index (Phi) is 7.35. The summed E-state index contributed by atoms with van der Waals surface area (Å²) in [5, 5.41) is 11.7. The van der Waals surface area contributed by atoms with Crippen LogP contribution in [0.15, 0.2) is 30.3 Å². The number of carbonyl (C=O) groups excluding carboxylic acids is 1. The average molecular weight is 278 g/mol. The lowest BCUT2D eigenvalue weighted by Crippen LogP contribution is -2.41. The zero-order chi connectivity index (χ0) is 14.8. The molecule has 0 aliphatic carbocycles. The monoisotopic (exact) mass is 278 g/mol. The molecule has 1 amide bonds. The minimum absolute atomic E-state index is 0.223. The molecule has 0 fully saturated rings. The number of unbranched alkanes of at least 4 members (excludes halogenated alkanes) is 1. The van der Waals surface area contributed by atoms with Crippen LogP contribution in [0.4, 0.5) is 0 Å². The zero-order valence-corrected chi connectivity index (χ0v) is 11.5. The molecule has 20 heavy (non-hydrogen) atoms. The molecule has 0 radical (unpaired) electrons. The van der Waals surface area contributed by atoms with Crippen LogP contribution in [-0.2, 0) is 16.0 Å². The van der Waals surface area contributed by atoms with Crippen molar-refractivity contribution < 1.29 is 14.7 Å². The number of carboxylic acids is 1. The van der Waals surface area contributed by atoms with Crippen molar-refractivity contribution in [2.45, 2.75) is 38.1 Å². The third kappa shape index (κ3) is 6.33. The summed E-state index contributed by atoms with van der Waals surface area (Å²) in [6.45, 7) is 0.545. The van der Waals surface area contributed by atoms with E-state index < -0.39 is 12.0 Å². The van der Waals surface area contributed by atoms with E-state index in [1.165, 1.54) is 0 Å². The van der Waals surface area contributed by atoms with Crippen molar-refractivity contribution in [1.82, 2.24) is 5.32 Å². The fourth-order valence-electron chi connectivity index (χ4n) is 1.91. The van der Waals surface area contributed by atoms with Crippen LogP contribution in [-0.4, -0.2) is 29.6 Å². The molecule has 5 nitrogen and oxygen atoms in total. The molecule has 0 unspecified atom stereocenters. The van der Waals surface area contributed by atoms with Gasteiger partial charge in [-0.25, -0.2) is 4.79 Å². The summed E-state index contributed by atoms with van der Waals surface area (Å²) in [7, 11) is 0. The van der Waals surface area contributed by atoms with Gasteiger partial charge in [-0.1, -0.05) is 30.3 Å². The highest BCUT2D eigenvalue weighted by Crippen LogP contribution is 2.06. The molecule has 110 valence electrons. The number of hydrogen-bond acceptors (Lipinski definition) is 3. The quantitative estimate of drug-likeness (QED) is 0.594. The lowest BCUT2D eigenvalue weighted by atomic mass is 10.0. The number of amides is 1. The largest absolute Gasteiger partial charge is 0.480 e. The molecule has 1 atom stereocenters. The first-order valence-corrected chi connectivity index (χ1v) is 6.89. The molecule has 0 aliphatic rings. The lowest BCUT2D eigenvalue weighted by Gasteiger charge is -2.14. The predicted octanol–water partition coefficient (Wildman–Crippen LogP) is 1.32. The Hall–Kier alpha value is -1.88. The molecule has 0 saturated carbocycles. The van der Waals surface area contributed by atoms with Gasteiger partial charge in [0.15, 0.2) is 0 Å². The van der Waals surface area contributed by atoms with E-state index in [1.807, 2.05) is 30.3 Å². The first-order valence-electron chi connectivity index (χ1n) is 6.89. The number of hydrogen-bond donors (Lipinski definition) is 3. The summed E-state index contributed by atoms with van der Waals surface area (Å²) in [4.78, 5) is 22.8. The molecule has 0 saturated heterocycles. The standard InChI is InChI=1S/C15H22N2O3/c16-11-5-4-8-14(18)17-13(15(19)20)10-9-12-6-2-1-3-7-12/h1-3,6-7,13H,4-5,8-11,16H2,(H,17,18)(H,19,20)/t13-/m0/s1. The van der Waals surface area contributed by atoms with Gasteiger partial charge in [-0.3, -0.25) is 4.79 Å². The Labute approximate surface area is 119 Å². The van der Waals surface area contributed by atoms with Crippen LogP contribution in [0, 0.1) is 0 Å².